The lowest BCUT2D eigenvalue weighted by molar-refractivity contribution is -0.131. The van der Waals surface area contributed by atoms with E-state index in [0.717, 1.165) is 13.0 Å². The van der Waals surface area contributed by atoms with Gasteiger partial charge < -0.3 is 10.2 Å². The fourth-order valence-corrected chi connectivity index (χ4v) is 3.53. The molecule has 2 rings (SSSR count). The molecule has 2 unspecified atom stereocenters. The van der Waals surface area contributed by atoms with Crippen LogP contribution < -0.4 is 5.32 Å². The summed E-state index contributed by atoms with van der Waals surface area (Å²) in [6.45, 7) is 3.20. The van der Waals surface area contributed by atoms with Gasteiger partial charge in [0, 0.05) is 31.0 Å². The quantitative estimate of drug-likeness (QED) is 0.764. The Morgan fingerprint density at radius 3 is 2.47 bits per heavy atom. The van der Waals surface area contributed by atoms with Gasteiger partial charge in [0.1, 0.15) is 0 Å². The van der Waals surface area contributed by atoms with Crippen molar-refractivity contribution in [2.75, 3.05) is 13.6 Å². The Balaban J connectivity index is 2.01. The number of nitrogens with zero attached hydrogens (tertiary/aromatic N) is 1. The number of nitrogens with one attached hydrogen (secondary N) is 1. The Bertz CT molecular complexity index is 259. The highest BCUT2D eigenvalue weighted by molar-refractivity contribution is 5.79. The van der Waals surface area contributed by atoms with Gasteiger partial charge in [0.25, 0.3) is 0 Å². The summed E-state index contributed by atoms with van der Waals surface area (Å²) in [7, 11) is 1.98. The van der Waals surface area contributed by atoms with Crippen LogP contribution in [-0.2, 0) is 4.79 Å². The molecule has 0 aromatic rings. The molecule has 2 aliphatic rings. The van der Waals surface area contributed by atoms with E-state index < -0.39 is 0 Å². The maximum absolute atomic E-state index is 12.2. The van der Waals surface area contributed by atoms with Crippen molar-refractivity contribution in [2.24, 2.45) is 5.92 Å². The van der Waals surface area contributed by atoms with Gasteiger partial charge in [-0.3, -0.25) is 4.79 Å². The van der Waals surface area contributed by atoms with Crippen LogP contribution in [0.2, 0.25) is 0 Å². The average Bonchev–Trinajstić information content (AvgIpc) is 2.52. The van der Waals surface area contributed by atoms with Crippen molar-refractivity contribution in [3.63, 3.8) is 0 Å². The van der Waals surface area contributed by atoms with Crippen molar-refractivity contribution in [3.8, 4) is 0 Å². The summed E-state index contributed by atoms with van der Waals surface area (Å²) >= 11 is 0. The number of likely N-dealkylation sites (tertiary alicyclic amines) is 1. The molecule has 0 aromatic heterocycles. The van der Waals surface area contributed by atoms with Crippen molar-refractivity contribution in [3.05, 3.63) is 0 Å². The van der Waals surface area contributed by atoms with Gasteiger partial charge >= 0.3 is 0 Å². The molecular formula is C14H26N2O. The van der Waals surface area contributed by atoms with Crippen LogP contribution in [0.5, 0.6) is 0 Å². The molecular weight excluding hydrogens is 212 g/mol. The van der Waals surface area contributed by atoms with Gasteiger partial charge in [0.15, 0.2) is 0 Å². The van der Waals surface area contributed by atoms with E-state index in [1.807, 2.05) is 7.05 Å². The van der Waals surface area contributed by atoms with E-state index in [4.69, 9.17) is 0 Å². The number of hydrogen-bond acceptors (Lipinski definition) is 2. The Hall–Kier alpha value is -0.570. The van der Waals surface area contributed by atoms with Crippen molar-refractivity contribution in [1.29, 1.82) is 0 Å². The van der Waals surface area contributed by atoms with Gasteiger partial charge in [-0.1, -0.05) is 25.7 Å². The molecule has 1 heterocycles. The number of amides is 1. The summed E-state index contributed by atoms with van der Waals surface area (Å²) in [4.78, 5) is 14.4. The van der Waals surface area contributed by atoms with E-state index in [1.165, 1.54) is 38.5 Å². The van der Waals surface area contributed by atoms with Crippen molar-refractivity contribution < 1.29 is 4.79 Å². The van der Waals surface area contributed by atoms with Crippen LogP contribution >= 0.6 is 0 Å². The molecule has 0 bridgehead atoms. The first-order valence-electron chi connectivity index (χ1n) is 7.19. The zero-order valence-corrected chi connectivity index (χ0v) is 11.2. The van der Waals surface area contributed by atoms with Gasteiger partial charge in [-0.15, -0.1) is 0 Å². The van der Waals surface area contributed by atoms with E-state index in [-0.39, 0.29) is 0 Å². The van der Waals surface area contributed by atoms with Gasteiger partial charge in [0.2, 0.25) is 5.91 Å². The van der Waals surface area contributed by atoms with Crippen molar-refractivity contribution in [2.45, 2.75) is 64.0 Å². The molecule has 2 fully saturated rings. The number of rotatable bonds is 3. The normalized spacial score (nSPS) is 31.9. The summed E-state index contributed by atoms with van der Waals surface area (Å²) in [6, 6.07) is 0.958. The Morgan fingerprint density at radius 1 is 1.24 bits per heavy atom. The zero-order chi connectivity index (χ0) is 12.3. The lowest BCUT2D eigenvalue weighted by Crippen LogP contribution is -2.42. The zero-order valence-electron chi connectivity index (χ0n) is 11.2. The predicted octanol–water partition coefficient (Wildman–Crippen LogP) is 2.17. The lowest BCUT2D eigenvalue weighted by atomic mass is 10.0. The molecule has 1 saturated heterocycles. The first-order valence-corrected chi connectivity index (χ1v) is 7.19. The van der Waals surface area contributed by atoms with Crippen LogP contribution in [0.3, 0.4) is 0 Å². The minimum absolute atomic E-state index is 0.393. The average molecular weight is 238 g/mol. The maximum atomic E-state index is 12.2. The summed E-state index contributed by atoms with van der Waals surface area (Å²) in [5.74, 6) is 0.903. The molecule has 0 aromatic carbocycles. The van der Waals surface area contributed by atoms with E-state index in [2.05, 4.69) is 17.1 Å². The van der Waals surface area contributed by atoms with Gasteiger partial charge in [0.05, 0.1) is 0 Å². The van der Waals surface area contributed by atoms with E-state index in [0.29, 0.717) is 23.9 Å². The molecule has 17 heavy (non-hydrogen) atoms. The highest BCUT2D eigenvalue weighted by Gasteiger charge is 2.39. The minimum Gasteiger partial charge on any atom is -0.337 e. The SMILES string of the molecule is CNCC1CC(=O)N(C2CCCCCC2)C1C. The first kappa shape index (κ1) is 12.9. The molecule has 2 atom stereocenters. The summed E-state index contributed by atoms with van der Waals surface area (Å²) in [5, 5.41) is 3.22. The van der Waals surface area contributed by atoms with Crippen molar-refractivity contribution in [1.82, 2.24) is 10.2 Å². The Morgan fingerprint density at radius 2 is 1.88 bits per heavy atom. The van der Waals surface area contributed by atoms with Crippen LogP contribution in [0.4, 0.5) is 0 Å². The molecule has 1 amide bonds. The first-order chi connectivity index (χ1) is 8.24. The molecule has 0 radical (unpaired) electrons. The Kier molecular flexibility index (Phi) is 4.43. The molecule has 1 aliphatic carbocycles. The van der Waals surface area contributed by atoms with Crippen molar-refractivity contribution >= 4 is 5.91 Å². The fourth-order valence-electron chi connectivity index (χ4n) is 3.53. The molecule has 98 valence electrons. The number of carbonyl (C=O) groups is 1. The van der Waals surface area contributed by atoms with E-state index >= 15 is 0 Å². The van der Waals surface area contributed by atoms with Gasteiger partial charge in [-0.25, -0.2) is 0 Å². The van der Waals surface area contributed by atoms with Crippen LogP contribution in [0.25, 0.3) is 0 Å². The van der Waals surface area contributed by atoms with Crippen LogP contribution in [0, 0.1) is 5.92 Å². The molecule has 3 nitrogen and oxygen atoms in total. The number of hydrogen-bond donors (Lipinski definition) is 1. The summed E-state index contributed by atoms with van der Waals surface area (Å²) in [5.41, 5.74) is 0. The largest absolute Gasteiger partial charge is 0.337 e. The second-order valence-corrected chi connectivity index (χ2v) is 5.71. The standard InChI is InChI=1S/C14H26N2O/c1-11-12(10-15-2)9-14(17)16(11)13-7-5-3-4-6-8-13/h11-13,15H,3-10H2,1-2H3. The molecule has 1 N–H and O–H groups in total. The van der Waals surface area contributed by atoms with Gasteiger partial charge in [-0.2, -0.15) is 0 Å². The van der Waals surface area contributed by atoms with E-state index in [9.17, 15) is 4.79 Å². The third-order valence-corrected chi connectivity index (χ3v) is 4.53. The highest BCUT2D eigenvalue weighted by atomic mass is 16.2. The highest BCUT2D eigenvalue weighted by Crippen LogP contribution is 2.32. The van der Waals surface area contributed by atoms with E-state index in [1.54, 1.807) is 0 Å². The second kappa shape index (κ2) is 5.85. The molecule has 0 spiro atoms. The third kappa shape index (κ3) is 2.82. The minimum atomic E-state index is 0.393. The second-order valence-electron chi connectivity index (χ2n) is 5.71. The Labute approximate surface area is 105 Å². The maximum Gasteiger partial charge on any atom is 0.223 e. The molecule has 1 aliphatic heterocycles. The monoisotopic (exact) mass is 238 g/mol. The molecule has 1 saturated carbocycles. The van der Waals surface area contributed by atoms with Crippen LogP contribution in [-0.4, -0.2) is 36.5 Å². The van der Waals surface area contributed by atoms with Crippen LogP contribution in [0.15, 0.2) is 0 Å². The smallest absolute Gasteiger partial charge is 0.223 e. The summed E-state index contributed by atoms with van der Waals surface area (Å²) in [6.07, 6.45) is 8.51. The molecule has 3 heteroatoms. The van der Waals surface area contributed by atoms with Crippen LogP contribution in [0.1, 0.15) is 51.9 Å². The summed E-state index contributed by atoms with van der Waals surface area (Å²) < 4.78 is 0. The fraction of sp³-hybridized carbons (Fsp3) is 0.929. The lowest BCUT2D eigenvalue weighted by Gasteiger charge is -2.32. The number of carbonyl (C=O) groups excluding carboxylic acids is 1. The topological polar surface area (TPSA) is 32.3 Å². The predicted molar refractivity (Wildman–Crippen MR) is 69.8 cm³/mol. The van der Waals surface area contributed by atoms with Gasteiger partial charge in [-0.05, 0) is 26.8 Å². The third-order valence-electron chi connectivity index (χ3n) is 4.53.